The second kappa shape index (κ2) is 11.3. The van der Waals surface area contributed by atoms with Gasteiger partial charge in [-0.15, -0.1) is 11.8 Å². The molecule has 9 heteroatoms. The molecule has 0 bridgehead atoms. The molecule has 2 aliphatic rings. The van der Waals surface area contributed by atoms with E-state index in [2.05, 4.69) is 4.99 Å². The molecular formula is C25H27ClN2O5S. The van der Waals surface area contributed by atoms with Crippen LogP contribution in [-0.2, 0) is 14.3 Å². The molecular weight excluding hydrogens is 476 g/mol. The summed E-state index contributed by atoms with van der Waals surface area (Å²) >= 11 is 7.53. The Labute approximate surface area is 208 Å². The van der Waals surface area contributed by atoms with Crippen molar-refractivity contribution in [1.82, 2.24) is 0 Å². The molecule has 180 valence electrons. The molecule has 1 amide bonds. The van der Waals surface area contributed by atoms with Gasteiger partial charge in [0.1, 0.15) is 11.9 Å². The number of carbonyl (C=O) groups excluding carboxylic acids is 1. The van der Waals surface area contributed by atoms with E-state index in [4.69, 9.17) is 30.5 Å². The number of rotatable bonds is 10. The standard InChI is InChI=1S/C25H27ClN2O5S/c1-4-31-23(32-5-2)14-33-20-11-10-18(12-21(20)30-3)28-15-27-19-13-22(34-24(19)25(28)29)16-6-8-17(26)9-7-16/h6-13,15,19,23-24H,4-5,14H2,1-3H3. The molecule has 0 aromatic heterocycles. The van der Waals surface area contributed by atoms with Crippen molar-refractivity contribution in [3.63, 3.8) is 0 Å². The number of fused-ring (bicyclic) bond motifs is 1. The van der Waals surface area contributed by atoms with Crippen LogP contribution in [0.15, 0.2) is 53.5 Å². The Hall–Kier alpha value is -2.52. The number of anilines is 1. The van der Waals surface area contributed by atoms with Gasteiger partial charge in [0.05, 0.1) is 25.2 Å². The lowest BCUT2D eigenvalue weighted by molar-refractivity contribution is -0.152. The van der Waals surface area contributed by atoms with E-state index < -0.39 is 6.29 Å². The van der Waals surface area contributed by atoms with Crippen LogP contribution >= 0.6 is 23.4 Å². The monoisotopic (exact) mass is 502 g/mol. The van der Waals surface area contributed by atoms with Crippen LogP contribution in [0.1, 0.15) is 19.4 Å². The molecule has 0 saturated carbocycles. The van der Waals surface area contributed by atoms with Crippen LogP contribution in [0, 0.1) is 0 Å². The highest BCUT2D eigenvalue weighted by molar-refractivity contribution is 8.09. The number of carbonyl (C=O) groups is 1. The summed E-state index contributed by atoms with van der Waals surface area (Å²) in [6.07, 6.45) is 3.16. The van der Waals surface area contributed by atoms with Crippen LogP contribution in [0.5, 0.6) is 11.5 Å². The van der Waals surface area contributed by atoms with Crippen LogP contribution in [0.2, 0.25) is 5.02 Å². The minimum absolute atomic E-state index is 0.0336. The third-order valence-electron chi connectivity index (χ3n) is 5.36. The fourth-order valence-corrected chi connectivity index (χ4v) is 5.11. The maximum absolute atomic E-state index is 13.3. The van der Waals surface area contributed by atoms with Crippen LogP contribution in [0.25, 0.3) is 4.91 Å². The third-order valence-corrected chi connectivity index (χ3v) is 6.97. The Kier molecular flexibility index (Phi) is 8.15. The molecule has 2 aromatic carbocycles. The van der Waals surface area contributed by atoms with E-state index in [1.165, 1.54) is 11.8 Å². The van der Waals surface area contributed by atoms with Gasteiger partial charge in [0, 0.05) is 29.2 Å². The Morgan fingerprint density at radius 2 is 1.82 bits per heavy atom. The topological polar surface area (TPSA) is 69.6 Å². The first-order chi connectivity index (χ1) is 16.5. The average molecular weight is 503 g/mol. The van der Waals surface area contributed by atoms with Crippen molar-refractivity contribution in [3.05, 3.63) is 59.1 Å². The first-order valence-corrected chi connectivity index (χ1v) is 12.3. The molecule has 4 rings (SSSR count). The summed E-state index contributed by atoms with van der Waals surface area (Å²) in [6, 6.07) is 12.8. The summed E-state index contributed by atoms with van der Waals surface area (Å²) in [5, 5.41) is 0.355. The van der Waals surface area contributed by atoms with E-state index in [0.29, 0.717) is 35.4 Å². The van der Waals surface area contributed by atoms with Crippen LogP contribution in [0.3, 0.4) is 0 Å². The quantitative estimate of drug-likeness (QED) is 0.424. The van der Waals surface area contributed by atoms with Crippen LogP contribution in [0.4, 0.5) is 5.69 Å². The number of halogens is 1. The molecule has 2 heterocycles. The number of amides is 1. The number of benzene rings is 2. The molecule has 0 spiro atoms. The van der Waals surface area contributed by atoms with Crippen molar-refractivity contribution < 1.29 is 23.7 Å². The molecule has 7 nitrogen and oxygen atoms in total. The lowest BCUT2D eigenvalue weighted by Gasteiger charge is -2.28. The Morgan fingerprint density at radius 1 is 1.09 bits per heavy atom. The highest BCUT2D eigenvalue weighted by atomic mass is 35.5. The van der Waals surface area contributed by atoms with E-state index in [1.807, 2.05) is 50.3 Å². The number of hydrogen-bond acceptors (Lipinski definition) is 7. The lowest BCUT2D eigenvalue weighted by Crippen LogP contribution is -2.44. The summed E-state index contributed by atoms with van der Waals surface area (Å²) in [6.45, 7) is 5.07. The van der Waals surface area contributed by atoms with E-state index in [1.54, 1.807) is 30.5 Å². The smallest absolute Gasteiger partial charge is 0.248 e. The maximum Gasteiger partial charge on any atom is 0.248 e. The molecule has 0 saturated heterocycles. The zero-order chi connectivity index (χ0) is 24.1. The molecule has 0 radical (unpaired) electrons. The number of aliphatic imine (C=N–C) groups is 1. The SMILES string of the molecule is CCOC(COc1ccc(N2C=NC3C=C(c4ccc(Cl)cc4)SC3C2=O)cc1OC)OCC. The first-order valence-electron chi connectivity index (χ1n) is 11.1. The van der Waals surface area contributed by atoms with Crippen molar-refractivity contribution in [1.29, 1.82) is 0 Å². The predicted molar refractivity (Wildman–Crippen MR) is 136 cm³/mol. The van der Waals surface area contributed by atoms with Crippen LogP contribution in [-0.4, -0.2) is 56.8 Å². The van der Waals surface area contributed by atoms with E-state index in [9.17, 15) is 4.79 Å². The molecule has 2 aliphatic heterocycles. The zero-order valence-electron chi connectivity index (χ0n) is 19.3. The molecule has 2 aromatic rings. The van der Waals surface area contributed by atoms with Gasteiger partial charge in [-0.3, -0.25) is 14.7 Å². The summed E-state index contributed by atoms with van der Waals surface area (Å²) in [4.78, 5) is 20.5. The first kappa shape index (κ1) is 24.6. The van der Waals surface area contributed by atoms with E-state index in [0.717, 1.165) is 10.5 Å². The lowest BCUT2D eigenvalue weighted by atomic mass is 10.1. The number of thioether (sulfide) groups is 1. The van der Waals surface area contributed by atoms with E-state index >= 15 is 0 Å². The number of nitrogens with zero attached hydrogens (tertiary/aromatic N) is 2. The van der Waals surface area contributed by atoms with Gasteiger partial charge in [0.2, 0.25) is 5.91 Å². The van der Waals surface area contributed by atoms with E-state index in [-0.39, 0.29) is 23.8 Å². The van der Waals surface area contributed by atoms with Gasteiger partial charge in [0.15, 0.2) is 17.8 Å². The van der Waals surface area contributed by atoms with Gasteiger partial charge in [-0.25, -0.2) is 0 Å². The molecule has 0 fully saturated rings. The fraction of sp³-hybridized carbons (Fsp3) is 0.360. The van der Waals surface area contributed by atoms with Gasteiger partial charge < -0.3 is 18.9 Å². The van der Waals surface area contributed by atoms with Gasteiger partial charge >= 0.3 is 0 Å². The predicted octanol–water partition coefficient (Wildman–Crippen LogP) is 5.03. The Morgan fingerprint density at radius 3 is 2.50 bits per heavy atom. The minimum atomic E-state index is -0.464. The van der Waals surface area contributed by atoms with Gasteiger partial charge in [-0.05, 0) is 49.8 Å². The van der Waals surface area contributed by atoms with Crippen molar-refractivity contribution in [3.8, 4) is 11.5 Å². The fourth-order valence-electron chi connectivity index (χ4n) is 3.72. The second-order valence-corrected chi connectivity index (χ2v) is 9.15. The highest BCUT2D eigenvalue weighted by Gasteiger charge is 2.40. The maximum atomic E-state index is 13.3. The van der Waals surface area contributed by atoms with Crippen molar-refractivity contribution >= 4 is 46.2 Å². The normalized spacial score (nSPS) is 19.4. The molecule has 34 heavy (non-hydrogen) atoms. The summed E-state index contributed by atoms with van der Waals surface area (Å²) in [7, 11) is 1.56. The summed E-state index contributed by atoms with van der Waals surface area (Å²) in [5.74, 6) is 1.01. The number of hydrogen-bond donors (Lipinski definition) is 0. The Balaban J connectivity index is 1.46. The van der Waals surface area contributed by atoms with Gasteiger partial charge in [-0.1, -0.05) is 23.7 Å². The average Bonchev–Trinajstić information content (AvgIpc) is 3.29. The van der Waals surface area contributed by atoms with Gasteiger partial charge in [-0.2, -0.15) is 0 Å². The number of ether oxygens (including phenoxy) is 4. The summed E-state index contributed by atoms with van der Waals surface area (Å²) in [5.41, 5.74) is 1.68. The van der Waals surface area contributed by atoms with Crippen molar-refractivity contribution in [2.24, 2.45) is 4.99 Å². The third kappa shape index (κ3) is 5.41. The van der Waals surface area contributed by atoms with Crippen molar-refractivity contribution in [2.45, 2.75) is 31.4 Å². The molecule has 2 unspecified atom stereocenters. The van der Waals surface area contributed by atoms with Crippen molar-refractivity contribution in [2.75, 3.05) is 31.8 Å². The second-order valence-electron chi connectivity index (χ2n) is 7.53. The number of methoxy groups -OCH3 is 1. The zero-order valence-corrected chi connectivity index (χ0v) is 20.8. The largest absolute Gasteiger partial charge is 0.493 e. The molecule has 0 aliphatic carbocycles. The summed E-state index contributed by atoms with van der Waals surface area (Å²) < 4.78 is 22.4. The van der Waals surface area contributed by atoms with Crippen LogP contribution < -0.4 is 14.4 Å². The molecule has 0 N–H and O–H groups in total. The van der Waals surface area contributed by atoms with Gasteiger partial charge in [0.25, 0.3) is 0 Å². The highest BCUT2D eigenvalue weighted by Crippen LogP contribution is 2.43. The Bertz CT molecular complexity index is 1070. The molecule has 2 atom stereocenters. The minimum Gasteiger partial charge on any atom is -0.493 e.